The van der Waals surface area contributed by atoms with Crippen LogP contribution in [0.1, 0.15) is 16.9 Å². The van der Waals surface area contributed by atoms with Crippen molar-refractivity contribution in [2.45, 2.75) is 13.8 Å². The molecule has 110 valence electrons. The molecule has 1 N–H and O–H groups in total. The molecule has 1 amide bonds. The van der Waals surface area contributed by atoms with E-state index in [0.29, 0.717) is 5.76 Å². The third kappa shape index (κ3) is 2.91. The standard InChI is InChI=1S/C18H16N2O2/c1-12-10-13(2)18-15(11-12)16(7-8-19-18)20-17(21)6-5-14-4-3-9-22-14/h3-11H,1-2H3,(H,19,20,21)/b6-5+. The summed E-state index contributed by atoms with van der Waals surface area (Å²) in [6.45, 7) is 4.05. The Bertz CT molecular complexity index is 849. The Balaban J connectivity index is 1.89. The van der Waals surface area contributed by atoms with Crippen molar-refractivity contribution in [3.05, 3.63) is 65.8 Å². The molecule has 22 heavy (non-hydrogen) atoms. The first-order valence-electron chi connectivity index (χ1n) is 7.02. The zero-order chi connectivity index (χ0) is 15.5. The summed E-state index contributed by atoms with van der Waals surface area (Å²) in [6, 6.07) is 9.48. The minimum absolute atomic E-state index is 0.206. The van der Waals surface area contributed by atoms with E-state index < -0.39 is 0 Å². The number of furan rings is 1. The zero-order valence-corrected chi connectivity index (χ0v) is 12.5. The lowest BCUT2D eigenvalue weighted by molar-refractivity contribution is -0.111. The van der Waals surface area contributed by atoms with Crippen molar-refractivity contribution in [1.29, 1.82) is 0 Å². The second kappa shape index (κ2) is 5.85. The summed E-state index contributed by atoms with van der Waals surface area (Å²) >= 11 is 0. The summed E-state index contributed by atoms with van der Waals surface area (Å²) in [5.74, 6) is 0.435. The van der Waals surface area contributed by atoms with Crippen LogP contribution in [0.5, 0.6) is 0 Å². The normalized spacial score (nSPS) is 11.2. The highest BCUT2D eigenvalue weighted by Crippen LogP contribution is 2.25. The number of carbonyl (C=O) groups is 1. The van der Waals surface area contributed by atoms with E-state index in [1.807, 2.05) is 19.9 Å². The molecule has 4 nitrogen and oxygen atoms in total. The molecule has 3 aromatic rings. The molecule has 4 heteroatoms. The van der Waals surface area contributed by atoms with E-state index in [0.717, 1.165) is 27.7 Å². The number of nitrogens with one attached hydrogen (secondary N) is 1. The molecular weight excluding hydrogens is 276 g/mol. The highest BCUT2D eigenvalue weighted by Gasteiger charge is 2.07. The topological polar surface area (TPSA) is 55.1 Å². The highest BCUT2D eigenvalue weighted by atomic mass is 16.3. The zero-order valence-electron chi connectivity index (χ0n) is 12.5. The smallest absolute Gasteiger partial charge is 0.248 e. The fourth-order valence-corrected chi connectivity index (χ4v) is 2.44. The van der Waals surface area contributed by atoms with E-state index in [4.69, 9.17) is 4.42 Å². The van der Waals surface area contributed by atoms with Gasteiger partial charge in [-0.25, -0.2) is 0 Å². The molecule has 0 spiro atoms. The van der Waals surface area contributed by atoms with Gasteiger partial charge in [0, 0.05) is 17.7 Å². The van der Waals surface area contributed by atoms with E-state index in [1.54, 1.807) is 36.7 Å². The average Bonchev–Trinajstić information content (AvgIpc) is 2.99. The monoisotopic (exact) mass is 292 g/mol. The van der Waals surface area contributed by atoms with E-state index in [-0.39, 0.29) is 5.91 Å². The number of anilines is 1. The van der Waals surface area contributed by atoms with Crippen LogP contribution in [-0.2, 0) is 4.79 Å². The summed E-state index contributed by atoms with van der Waals surface area (Å²) in [5, 5.41) is 3.84. The van der Waals surface area contributed by atoms with Gasteiger partial charge in [-0.15, -0.1) is 0 Å². The number of fused-ring (bicyclic) bond motifs is 1. The molecule has 3 rings (SSSR count). The van der Waals surface area contributed by atoms with Gasteiger partial charge >= 0.3 is 0 Å². The molecule has 0 bridgehead atoms. The fraction of sp³-hybridized carbons (Fsp3) is 0.111. The van der Waals surface area contributed by atoms with Gasteiger partial charge in [0.05, 0.1) is 17.5 Å². The van der Waals surface area contributed by atoms with Crippen molar-refractivity contribution in [3.63, 3.8) is 0 Å². The number of hydrogen-bond acceptors (Lipinski definition) is 3. The Morgan fingerprint density at radius 1 is 1.27 bits per heavy atom. The van der Waals surface area contributed by atoms with E-state index in [2.05, 4.69) is 16.4 Å². The highest BCUT2D eigenvalue weighted by molar-refractivity contribution is 6.07. The van der Waals surface area contributed by atoms with E-state index in [9.17, 15) is 4.79 Å². The predicted octanol–water partition coefficient (Wildman–Crippen LogP) is 4.10. The Morgan fingerprint density at radius 3 is 2.91 bits per heavy atom. The van der Waals surface area contributed by atoms with Gasteiger partial charge in [0.2, 0.25) is 5.91 Å². The van der Waals surface area contributed by atoms with Crippen LogP contribution >= 0.6 is 0 Å². The first-order chi connectivity index (χ1) is 10.6. The number of rotatable bonds is 3. The van der Waals surface area contributed by atoms with Crippen LogP contribution in [0.4, 0.5) is 5.69 Å². The predicted molar refractivity (Wildman–Crippen MR) is 87.6 cm³/mol. The van der Waals surface area contributed by atoms with Gasteiger partial charge in [0.25, 0.3) is 0 Å². The van der Waals surface area contributed by atoms with Gasteiger partial charge in [-0.3, -0.25) is 9.78 Å². The first-order valence-corrected chi connectivity index (χ1v) is 7.02. The molecule has 0 aliphatic rings. The van der Waals surface area contributed by atoms with Crippen LogP contribution in [0, 0.1) is 13.8 Å². The molecular formula is C18H16N2O2. The van der Waals surface area contributed by atoms with Crippen molar-refractivity contribution in [3.8, 4) is 0 Å². The van der Waals surface area contributed by atoms with Crippen LogP contribution in [0.25, 0.3) is 17.0 Å². The lowest BCUT2D eigenvalue weighted by Gasteiger charge is -2.09. The van der Waals surface area contributed by atoms with Gasteiger partial charge in [-0.1, -0.05) is 11.6 Å². The minimum Gasteiger partial charge on any atom is -0.465 e. The number of aryl methyl sites for hydroxylation is 2. The molecule has 1 aromatic carbocycles. The maximum absolute atomic E-state index is 12.1. The number of aromatic nitrogens is 1. The average molecular weight is 292 g/mol. The van der Waals surface area contributed by atoms with E-state index >= 15 is 0 Å². The summed E-state index contributed by atoms with van der Waals surface area (Å²) < 4.78 is 5.16. The first kappa shape index (κ1) is 14.1. The molecule has 2 aromatic heterocycles. The van der Waals surface area contributed by atoms with Crippen molar-refractivity contribution in [1.82, 2.24) is 4.98 Å². The maximum Gasteiger partial charge on any atom is 0.248 e. The van der Waals surface area contributed by atoms with Gasteiger partial charge < -0.3 is 9.73 Å². The van der Waals surface area contributed by atoms with Gasteiger partial charge in [-0.05, 0) is 49.8 Å². The summed E-state index contributed by atoms with van der Waals surface area (Å²) in [7, 11) is 0. The molecule has 0 aliphatic carbocycles. The molecule has 2 heterocycles. The molecule has 0 atom stereocenters. The molecule has 0 fully saturated rings. The van der Waals surface area contributed by atoms with Gasteiger partial charge in [0.1, 0.15) is 5.76 Å². The quantitative estimate of drug-likeness (QED) is 0.739. The number of amides is 1. The fourth-order valence-electron chi connectivity index (χ4n) is 2.44. The number of hydrogen-bond donors (Lipinski definition) is 1. The number of benzene rings is 1. The van der Waals surface area contributed by atoms with Crippen LogP contribution in [0.3, 0.4) is 0 Å². The molecule has 0 aliphatic heterocycles. The summed E-state index contributed by atoms with van der Waals surface area (Å²) in [5.41, 5.74) is 3.89. The van der Waals surface area contributed by atoms with Crippen molar-refractivity contribution in [2.75, 3.05) is 5.32 Å². The second-order valence-electron chi connectivity index (χ2n) is 5.17. The van der Waals surface area contributed by atoms with Crippen molar-refractivity contribution in [2.24, 2.45) is 0 Å². The third-order valence-electron chi connectivity index (χ3n) is 3.38. The molecule has 0 radical (unpaired) electrons. The van der Waals surface area contributed by atoms with Gasteiger partial charge in [0.15, 0.2) is 0 Å². The summed E-state index contributed by atoms with van der Waals surface area (Å²) in [6.07, 6.45) is 6.36. The molecule has 0 saturated heterocycles. The van der Waals surface area contributed by atoms with Crippen LogP contribution in [0.2, 0.25) is 0 Å². The number of pyridine rings is 1. The maximum atomic E-state index is 12.1. The van der Waals surface area contributed by atoms with Crippen molar-refractivity contribution < 1.29 is 9.21 Å². The van der Waals surface area contributed by atoms with Crippen molar-refractivity contribution >= 4 is 28.6 Å². The number of nitrogens with zero attached hydrogens (tertiary/aromatic N) is 1. The minimum atomic E-state index is -0.206. The number of carbonyl (C=O) groups excluding carboxylic acids is 1. The largest absolute Gasteiger partial charge is 0.465 e. The Labute approximate surface area is 128 Å². The molecule has 0 unspecified atom stereocenters. The van der Waals surface area contributed by atoms with Crippen LogP contribution in [-0.4, -0.2) is 10.9 Å². The third-order valence-corrected chi connectivity index (χ3v) is 3.38. The van der Waals surface area contributed by atoms with Gasteiger partial charge in [-0.2, -0.15) is 0 Å². The SMILES string of the molecule is Cc1cc(C)c2nccc(NC(=O)/C=C/c3ccco3)c2c1. The van der Waals surface area contributed by atoms with Crippen LogP contribution < -0.4 is 5.32 Å². The molecule has 0 saturated carbocycles. The van der Waals surface area contributed by atoms with Crippen LogP contribution in [0.15, 0.2) is 53.3 Å². The van der Waals surface area contributed by atoms with E-state index in [1.165, 1.54) is 6.08 Å². The lowest BCUT2D eigenvalue weighted by Crippen LogP contribution is -2.08. The lowest BCUT2D eigenvalue weighted by atomic mass is 10.1. The summed E-state index contributed by atoms with van der Waals surface area (Å²) in [4.78, 5) is 16.5. The Kier molecular flexibility index (Phi) is 3.74. The Hall–Kier alpha value is -2.88. The Morgan fingerprint density at radius 2 is 2.14 bits per heavy atom. The second-order valence-corrected chi connectivity index (χ2v) is 5.17.